The predicted molar refractivity (Wildman–Crippen MR) is 97.6 cm³/mol. The molecule has 1 amide bonds. The van der Waals surface area contributed by atoms with Crippen LogP contribution in [-0.4, -0.2) is 11.7 Å². The molecular formula is C21H17NO3. The van der Waals surface area contributed by atoms with Crippen molar-refractivity contribution in [2.24, 2.45) is 0 Å². The normalized spacial score (nSPS) is 10.8. The number of carbonyl (C=O) groups is 2. The summed E-state index contributed by atoms with van der Waals surface area (Å²) in [5, 5.41) is 2.81. The lowest BCUT2D eigenvalue weighted by Crippen LogP contribution is -2.11. The Labute approximate surface area is 145 Å². The second-order valence-electron chi connectivity index (χ2n) is 5.61. The molecule has 1 N–H and O–H groups in total. The van der Waals surface area contributed by atoms with E-state index < -0.39 is 0 Å². The van der Waals surface area contributed by atoms with Crippen LogP contribution in [0.1, 0.15) is 32.0 Å². The Balaban J connectivity index is 1.64. The zero-order valence-corrected chi connectivity index (χ0v) is 13.7. The van der Waals surface area contributed by atoms with Crippen molar-refractivity contribution in [3.63, 3.8) is 0 Å². The number of carbonyl (C=O) groups excluding carboxylic acids is 2. The first-order valence-electron chi connectivity index (χ1n) is 7.86. The molecule has 0 aliphatic heterocycles. The number of nitrogens with one attached hydrogen (secondary N) is 1. The summed E-state index contributed by atoms with van der Waals surface area (Å²) in [4.78, 5) is 24.3. The fraction of sp³-hybridized carbons (Fsp3) is 0.0476. The number of amides is 1. The van der Waals surface area contributed by atoms with E-state index in [1.165, 1.54) is 6.08 Å². The molecule has 3 aromatic rings. The molecule has 1 heterocycles. The van der Waals surface area contributed by atoms with Crippen LogP contribution < -0.4 is 5.32 Å². The molecule has 0 saturated carbocycles. The molecule has 0 aliphatic carbocycles. The van der Waals surface area contributed by atoms with Crippen molar-refractivity contribution in [2.45, 2.75) is 6.92 Å². The van der Waals surface area contributed by atoms with Crippen molar-refractivity contribution in [1.29, 1.82) is 0 Å². The van der Waals surface area contributed by atoms with Gasteiger partial charge in [0.1, 0.15) is 5.76 Å². The molecule has 3 rings (SSSR count). The van der Waals surface area contributed by atoms with E-state index in [0.29, 0.717) is 22.6 Å². The van der Waals surface area contributed by atoms with E-state index in [0.717, 1.165) is 5.56 Å². The summed E-state index contributed by atoms with van der Waals surface area (Å²) in [6.45, 7) is 1.97. The highest BCUT2D eigenvalue weighted by atomic mass is 16.3. The summed E-state index contributed by atoms with van der Waals surface area (Å²) in [5.74, 6) is 0.305. The second-order valence-corrected chi connectivity index (χ2v) is 5.61. The average Bonchev–Trinajstić information content (AvgIpc) is 3.14. The first-order valence-corrected chi connectivity index (χ1v) is 7.86. The molecule has 2 aromatic carbocycles. The maximum atomic E-state index is 12.2. The van der Waals surface area contributed by atoms with Crippen molar-refractivity contribution in [2.75, 3.05) is 5.32 Å². The molecule has 0 aliphatic rings. The van der Waals surface area contributed by atoms with Crippen LogP contribution in [0.4, 0.5) is 5.69 Å². The topological polar surface area (TPSA) is 59.3 Å². The van der Waals surface area contributed by atoms with E-state index in [1.807, 2.05) is 19.1 Å². The Hall–Kier alpha value is -3.40. The Kier molecular flexibility index (Phi) is 4.90. The van der Waals surface area contributed by atoms with Crippen LogP contribution in [0.25, 0.3) is 6.08 Å². The van der Waals surface area contributed by atoms with Gasteiger partial charge in [0.25, 0.3) is 5.91 Å². The highest BCUT2D eigenvalue weighted by molar-refractivity contribution is 6.07. The minimum Gasteiger partial charge on any atom is -0.465 e. The first kappa shape index (κ1) is 16.5. The molecule has 0 bridgehead atoms. The molecule has 4 nitrogen and oxygen atoms in total. The summed E-state index contributed by atoms with van der Waals surface area (Å²) in [5.41, 5.74) is 2.86. The van der Waals surface area contributed by atoms with Crippen molar-refractivity contribution < 1.29 is 14.0 Å². The lowest BCUT2D eigenvalue weighted by atomic mass is 10.1. The van der Waals surface area contributed by atoms with E-state index in [4.69, 9.17) is 4.42 Å². The summed E-state index contributed by atoms with van der Waals surface area (Å²) in [6.07, 6.45) is 4.63. The summed E-state index contributed by atoms with van der Waals surface area (Å²) in [6, 6.07) is 17.6. The molecule has 4 heteroatoms. The number of anilines is 1. The zero-order valence-electron chi connectivity index (χ0n) is 13.7. The van der Waals surface area contributed by atoms with Gasteiger partial charge in [-0.05, 0) is 67.6 Å². The highest BCUT2D eigenvalue weighted by Gasteiger charge is 2.07. The molecule has 0 saturated heterocycles. The van der Waals surface area contributed by atoms with Crippen LogP contribution in [-0.2, 0) is 0 Å². The van der Waals surface area contributed by atoms with Gasteiger partial charge in [0.15, 0.2) is 5.78 Å². The number of ketones is 1. The van der Waals surface area contributed by atoms with Gasteiger partial charge in [0.2, 0.25) is 0 Å². The quantitative estimate of drug-likeness (QED) is 0.543. The molecule has 25 heavy (non-hydrogen) atoms. The van der Waals surface area contributed by atoms with Gasteiger partial charge in [-0.25, -0.2) is 0 Å². The van der Waals surface area contributed by atoms with Gasteiger partial charge in [-0.15, -0.1) is 0 Å². The average molecular weight is 331 g/mol. The number of hydrogen-bond acceptors (Lipinski definition) is 3. The van der Waals surface area contributed by atoms with Crippen LogP contribution >= 0.6 is 0 Å². The minimum absolute atomic E-state index is 0.132. The van der Waals surface area contributed by atoms with E-state index in [9.17, 15) is 9.59 Å². The van der Waals surface area contributed by atoms with Gasteiger partial charge in [0.05, 0.1) is 6.26 Å². The van der Waals surface area contributed by atoms with Crippen molar-refractivity contribution in [1.82, 2.24) is 0 Å². The van der Waals surface area contributed by atoms with Gasteiger partial charge in [-0.3, -0.25) is 9.59 Å². The van der Waals surface area contributed by atoms with E-state index in [1.54, 1.807) is 60.9 Å². The summed E-state index contributed by atoms with van der Waals surface area (Å²) < 4.78 is 5.15. The van der Waals surface area contributed by atoms with E-state index in [2.05, 4.69) is 5.32 Å². The fourth-order valence-corrected chi connectivity index (χ4v) is 2.27. The number of hydrogen-bond donors (Lipinski definition) is 1. The van der Waals surface area contributed by atoms with Gasteiger partial charge < -0.3 is 9.73 Å². The van der Waals surface area contributed by atoms with Crippen molar-refractivity contribution in [3.8, 4) is 0 Å². The maximum absolute atomic E-state index is 12.2. The van der Waals surface area contributed by atoms with E-state index >= 15 is 0 Å². The molecule has 1 aromatic heterocycles. The molecular weight excluding hydrogens is 314 g/mol. The van der Waals surface area contributed by atoms with Crippen molar-refractivity contribution in [3.05, 3.63) is 95.5 Å². The third kappa shape index (κ3) is 4.32. The monoisotopic (exact) mass is 331 g/mol. The molecule has 0 atom stereocenters. The van der Waals surface area contributed by atoms with Gasteiger partial charge in [-0.1, -0.05) is 17.7 Å². The Bertz CT molecular complexity index is 889. The number of furan rings is 1. The van der Waals surface area contributed by atoms with Crippen LogP contribution in [0.3, 0.4) is 0 Å². The predicted octanol–water partition coefficient (Wildman–Crippen LogP) is 4.74. The third-order valence-electron chi connectivity index (χ3n) is 3.68. The van der Waals surface area contributed by atoms with Crippen molar-refractivity contribution >= 4 is 23.5 Å². The summed E-state index contributed by atoms with van der Waals surface area (Å²) >= 11 is 0. The van der Waals surface area contributed by atoms with Gasteiger partial charge in [-0.2, -0.15) is 0 Å². The second kappa shape index (κ2) is 7.45. The SMILES string of the molecule is Cc1ccc(C(=O)Nc2ccc(C(=O)/C=C/c3ccco3)cc2)cc1. The summed E-state index contributed by atoms with van der Waals surface area (Å²) in [7, 11) is 0. The number of rotatable bonds is 5. The highest BCUT2D eigenvalue weighted by Crippen LogP contribution is 2.13. The maximum Gasteiger partial charge on any atom is 0.255 e. The van der Waals surface area contributed by atoms with Crippen LogP contribution in [0, 0.1) is 6.92 Å². The Morgan fingerprint density at radius 1 is 0.920 bits per heavy atom. The number of aryl methyl sites for hydroxylation is 1. The fourth-order valence-electron chi connectivity index (χ4n) is 2.27. The molecule has 0 unspecified atom stereocenters. The van der Waals surface area contributed by atoms with Crippen LogP contribution in [0.2, 0.25) is 0 Å². The van der Waals surface area contributed by atoms with Crippen LogP contribution in [0.15, 0.2) is 77.4 Å². The smallest absolute Gasteiger partial charge is 0.255 e. The van der Waals surface area contributed by atoms with Gasteiger partial charge >= 0.3 is 0 Å². The Morgan fingerprint density at radius 3 is 2.24 bits per heavy atom. The lowest BCUT2D eigenvalue weighted by molar-refractivity contribution is 0.102. The molecule has 0 radical (unpaired) electrons. The largest absolute Gasteiger partial charge is 0.465 e. The standard InChI is InChI=1S/C21H17NO3/c1-15-4-6-17(7-5-15)21(24)22-18-10-8-16(9-11-18)20(23)13-12-19-3-2-14-25-19/h2-14H,1H3,(H,22,24)/b13-12+. The number of allylic oxidation sites excluding steroid dienone is 1. The first-order chi connectivity index (χ1) is 12.1. The Morgan fingerprint density at radius 2 is 1.60 bits per heavy atom. The molecule has 0 fully saturated rings. The molecule has 124 valence electrons. The van der Waals surface area contributed by atoms with E-state index in [-0.39, 0.29) is 11.7 Å². The third-order valence-corrected chi connectivity index (χ3v) is 3.68. The van der Waals surface area contributed by atoms with Gasteiger partial charge in [0, 0.05) is 16.8 Å². The molecule has 0 spiro atoms. The van der Waals surface area contributed by atoms with Crippen LogP contribution in [0.5, 0.6) is 0 Å². The minimum atomic E-state index is -0.184. The zero-order chi connectivity index (χ0) is 17.6. The number of benzene rings is 2. The lowest BCUT2D eigenvalue weighted by Gasteiger charge is -2.06.